The average molecular weight is 894 g/mol. The summed E-state index contributed by atoms with van der Waals surface area (Å²) in [6.45, 7) is 1.46. The van der Waals surface area contributed by atoms with Crippen molar-refractivity contribution in [1.29, 1.82) is 0 Å². The molecular weight excluding hydrogens is 818 g/mol. The van der Waals surface area contributed by atoms with E-state index < -0.39 is 124 Å². The Balaban J connectivity index is 1.62. The molecule has 19 heteroatoms. The van der Waals surface area contributed by atoms with Crippen molar-refractivity contribution in [1.82, 2.24) is 5.32 Å². The minimum atomic E-state index is -1.98. The summed E-state index contributed by atoms with van der Waals surface area (Å²) in [5, 5.41) is 119. The lowest BCUT2D eigenvalue weighted by Crippen LogP contribution is -2.66. The number of hydrogen-bond donors (Lipinski definition) is 12. The number of aliphatic hydroxyl groups is 11. The van der Waals surface area contributed by atoms with Gasteiger partial charge in [-0.2, -0.15) is 0 Å². The molecule has 19 nitrogen and oxygen atoms in total. The Kier molecular flexibility index (Phi) is 25.9. The molecule has 12 N–H and O–H groups in total. The second kappa shape index (κ2) is 29.5. The molecule has 3 aliphatic rings. The topological polar surface area (TPSA) is 307 Å². The molecule has 0 aromatic rings. The van der Waals surface area contributed by atoms with Crippen LogP contribution >= 0.6 is 0 Å². The molecular formula is C43H75NO18. The molecule has 3 rings (SSSR count). The largest absolute Gasteiger partial charge is 0.394 e. The minimum Gasteiger partial charge on any atom is -0.394 e. The van der Waals surface area contributed by atoms with Crippen molar-refractivity contribution in [2.75, 3.05) is 26.4 Å². The lowest BCUT2D eigenvalue weighted by atomic mass is 9.96. The molecule has 3 aliphatic heterocycles. The summed E-state index contributed by atoms with van der Waals surface area (Å²) in [4.78, 5) is 12.9. The van der Waals surface area contributed by atoms with Gasteiger partial charge in [0.1, 0.15) is 73.2 Å². The quantitative estimate of drug-likeness (QED) is 0.0334. The third-order valence-electron chi connectivity index (χ3n) is 11.2. The molecule has 17 unspecified atom stereocenters. The Morgan fingerprint density at radius 2 is 1.03 bits per heavy atom. The Labute approximate surface area is 364 Å². The Morgan fingerprint density at radius 3 is 1.58 bits per heavy atom. The number of allylic oxidation sites excluding steroid dienone is 5. The summed E-state index contributed by atoms with van der Waals surface area (Å²) in [5.74, 6) is -0.309. The Bertz CT molecular complexity index is 1300. The standard InChI is InChI=1S/C43H75NO18/c1-3-5-7-9-10-11-12-13-14-15-17-18-20-27(48)26(44-31(49)21-19-16-8-6-4-2)25-57-41-37(55)34(52)39(29(23-46)59-41)62-43-38(56)35(53)40(30(24-47)60-43)61-42-36(54)33(51)32(50)28(22-45)58-42/h9-10,13-14,18,20,26-30,32-43,45-48,50-56H,3-8,11-12,15-17,19,21-25H2,1-2H3,(H,44,49)/b10-9+,14-13+,20-18+. The second-order valence-electron chi connectivity index (χ2n) is 16.1. The number of carbonyl (C=O) groups excluding carboxylic acids is 1. The van der Waals surface area contributed by atoms with E-state index in [0.717, 1.165) is 51.4 Å². The van der Waals surface area contributed by atoms with Gasteiger partial charge >= 0.3 is 0 Å². The zero-order valence-corrected chi connectivity index (χ0v) is 36.1. The molecule has 3 fully saturated rings. The van der Waals surface area contributed by atoms with Gasteiger partial charge < -0.3 is 89.9 Å². The van der Waals surface area contributed by atoms with Crippen LogP contribution in [0.4, 0.5) is 0 Å². The monoisotopic (exact) mass is 893 g/mol. The van der Waals surface area contributed by atoms with Crippen molar-refractivity contribution in [2.24, 2.45) is 0 Å². The molecule has 3 heterocycles. The maximum absolute atomic E-state index is 12.9. The van der Waals surface area contributed by atoms with E-state index in [1.165, 1.54) is 12.8 Å². The molecule has 0 bridgehead atoms. The zero-order chi connectivity index (χ0) is 45.6. The van der Waals surface area contributed by atoms with Gasteiger partial charge in [-0.15, -0.1) is 0 Å². The third kappa shape index (κ3) is 16.8. The average Bonchev–Trinajstić information content (AvgIpc) is 3.26. The molecule has 0 spiro atoms. The number of aliphatic hydroxyl groups excluding tert-OH is 11. The van der Waals surface area contributed by atoms with E-state index in [-0.39, 0.29) is 18.9 Å². The van der Waals surface area contributed by atoms with Crippen molar-refractivity contribution in [3.05, 3.63) is 36.5 Å². The number of rotatable bonds is 28. The molecule has 0 radical (unpaired) electrons. The first kappa shape index (κ1) is 54.3. The molecule has 360 valence electrons. The first-order valence-electron chi connectivity index (χ1n) is 22.2. The van der Waals surface area contributed by atoms with Gasteiger partial charge in [0, 0.05) is 6.42 Å². The number of amides is 1. The van der Waals surface area contributed by atoms with Gasteiger partial charge in [0.05, 0.1) is 38.6 Å². The van der Waals surface area contributed by atoms with Crippen LogP contribution in [-0.4, -0.2) is 193 Å². The molecule has 0 aromatic heterocycles. The summed E-state index contributed by atoms with van der Waals surface area (Å²) in [7, 11) is 0. The number of carbonyl (C=O) groups is 1. The summed E-state index contributed by atoms with van der Waals surface area (Å²) in [5.41, 5.74) is 0. The maximum atomic E-state index is 12.9. The van der Waals surface area contributed by atoms with Gasteiger partial charge in [-0.3, -0.25) is 4.79 Å². The van der Waals surface area contributed by atoms with Crippen LogP contribution in [0.3, 0.4) is 0 Å². The van der Waals surface area contributed by atoms with E-state index in [1.807, 2.05) is 0 Å². The van der Waals surface area contributed by atoms with Crippen LogP contribution < -0.4 is 5.32 Å². The highest BCUT2D eigenvalue weighted by atomic mass is 16.8. The van der Waals surface area contributed by atoms with Crippen molar-refractivity contribution < 1.29 is 89.4 Å². The number of ether oxygens (including phenoxy) is 6. The number of hydrogen-bond acceptors (Lipinski definition) is 18. The fourth-order valence-corrected chi connectivity index (χ4v) is 7.32. The molecule has 0 aliphatic carbocycles. The van der Waals surface area contributed by atoms with E-state index in [0.29, 0.717) is 12.8 Å². The van der Waals surface area contributed by atoms with E-state index in [4.69, 9.17) is 28.4 Å². The van der Waals surface area contributed by atoms with Gasteiger partial charge in [-0.05, 0) is 38.5 Å². The molecule has 3 saturated heterocycles. The van der Waals surface area contributed by atoms with Crippen molar-refractivity contribution >= 4 is 5.91 Å². The SMILES string of the molecule is CCCC/C=C/CC/C=C/CC/C=C/C(O)C(COC1OC(CO)C(OC2OC(CO)C(OC3OC(CO)C(O)C(O)C3O)C(O)C2O)C(O)C1O)NC(=O)CCCCCCC. The number of unbranched alkanes of at least 4 members (excludes halogenated alkanes) is 8. The minimum absolute atomic E-state index is 0.226. The third-order valence-corrected chi connectivity index (χ3v) is 11.2. The predicted octanol–water partition coefficient (Wildman–Crippen LogP) is -0.923. The highest BCUT2D eigenvalue weighted by Gasteiger charge is 2.53. The molecule has 0 aromatic carbocycles. The van der Waals surface area contributed by atoms with E-state index >= 15 is 0 Å². The summed E-state index contributed by atoms with van der Waals surface area (Å²) >= 11 is 0. The summed E-state index contributed by atoms with van der Waals surface area (Å²) in [6, 6.07) is -0.986. The first-order chi connectivity index (χ1) is 29.8. The van der Waals surface area contributed by atoms with Crippen molar-refractivity contribution in [2.45, 2.75) is 202 Å². The molecule has 0 saturated carbocycles. The van der Waals surface area contributed by atoms with Crippen molar-refractivity contribution in [3.63, 3.8) is 0 Å². The summed E-state index contributed by atoms with van der Waals surface area (Å²) in [6.07, 6.45) is -3.32. The van der Waals surface area contributed by atoms with Crippen LogP contribution in [0.25, 0.3) is 0 Å². The normalized spacial score (nSPS) is 35.5. The van der Waals surface area contributed by atoms with Gasteiger partial charge in [0.25, 0.3) is 0 Å². The van der Waals surface area contributed by atoms with E-state index in [9.17, 15) is 61.0 Å². The zero-order valence-electron chi connectivity index (χ0n) is 36.1. The number of nitrogens with one attached hydrogen (secondary N) is 1. The van der Waals surface area contributed by atoms with Gasteiger partial charge in [-0.25, -0.2) is 0 Å². The van der Waals surface area contributed by atoms with Crippen LogP contribution in [0.15, 0.2) is 36.5 Å². The maximum Gasteiger partial charge on any atom is 0.220 e. The second-order valence-corrected chi connectivity index (χ2v) is 16.1. The van der Waals surface area contributed by atoms with Crippen LogP contribution in [0, 0.1) is 0 Å². The van der Waals surface area contributed by atoms with E-state index in [1.54, 1.807) is 12.2 Å². The van der Waals surface area contributed by atoms with Gasteiger partial charge in [-0.1, -0.05) is 88.8 Å². The fraction of sp³-hybridized carbons (Fsp3) is 0.837. The summed E-state index contributed by atoms with van der Waals surface area (Å²) < 4.78 is 33.8. The van der Waals surface area contributed by atoms with Gasteiger partial charge in [0.15, 0.2) is 18.9 Å². The van der Waals surface area contributed by atoms with Crippen molar-refractivity contribution in [3.8, 4) is 0 Å². The molecule has 17 atom stereocenters. The van der Waals surface area contributed by atoms with E-state index in [2.05, 4.69) is 43.5 Å². The first-order valence-corrected chi connectivity index (χ1v) is 22.2. The molecule has 62 heavy (non-hydrogen) atoms. The lowest BCUT2D eigenvalue weighted by Gasteiger charge is -2.48. The van der Waals surface area contributed by atoms with Crippen LogP contribution in [-0.2, 0) is 33.2 Å². The van der Waals surface area contributed by atoms with Gasteiger partial charge in [0.2, 0.25) is 5.91 Å². The van der Waals surface area contributed by atoms with Crippen LogP contribution in [0.5, 0.6) is 0 Å². The fourth-order valence-electron chi connectivity index (χ4n) is 7.32. The van der Waals surface area contributed by atoms with Crippen LogP contribution in [0.2, 0.25) is 0 Å². The Hall–Kier alpha value is -1.99. The predicted molar refractivity (Wildman–Crippen MR) is 222 cm³/mol. The molecule has 1 amide bonds. The smallest absolute Gasteiger partial charge is 0.220 e. The van der Waals surface area contributed by atoms with Crippen LogP contribution in [0.1, 0.15) is 97.3 Å². The Morgan fingerprint density at radius 1 is 0.565 bits per heavy atom. The highest BCUT2D eigenvalue weighted by Crippen LogP contribution is 2.32. The highest BCUT2D eigenvalue weighted by molar-refractivity contribution is 5.76. The lowest BCUT2D eigenvalue weighted by molar-refractivity contribution is -0.379.